The molecular formula is C18H19ClN4O4. The lowest BCUT2D eigenvalue weighted by Gasteiger charge is -2.31. The van der Waals surface area contributed by atoms with Gasteiger partial charge in [0, 0.05) is 23.7 Å². The Morgan fingerprint density at radius 2 is 2.11 bits per heavy atom. The average molecular weight is 391 g/mol. The van der Waals surface area contributed by atoms with E-state index in [-0.39, 0.29) is 29.1 Å². The van der Waals surface area contributed by atoms with Gasteiger partial charge in [-0.25, -0.2) is 9.97 Å². The smallest absolute Gasteiger partial charge is 0.337 e. The molecule has 0 unspecified atom stereocenters. The topological polar surface area (TPSA) is 98.5 Å². The fourth-order valence-electron chi connectivity index (χ4n) is 3.20. The third-order valence-corrected chi connectivity index (χ3v) is 4.73. The minimum absolute atomic E-state index is 0.158. The van der Waals surface area contributed by atoms with E-state index in [1.165, 1.54) is 6.33 Å². The molecule has 1 aromatic carbocycles. The Hall–Kier alpha value is -2.74. The second-order valence-corrected chi connectivity index (χ2v) is 6.61. The van der Waals surface area contributed by atoms with Crippen LogP contribution in [0.25, 0.3) is 11.3 Å². The molecule has 142 valence electrons. The number of rotatable bonds is 5. The van der Waals surface area contributed by atoms with Crippen molar-refractivity contribution in [2.75, 3.05) is 24.6 Å². The highest BCUT2D eigenvalue weighted by Gasteiger charge is 2.32. The predicted molar refractivity (Wildman–Crippen MR) is 101 cm³/mol. The fraction of sp³-hybridized carbons (Fsp3) is 0.389. The molecule has 0 bridgehead atoms. The first-order valence-electron chi connectivity index (χ1n) is 8.68. The van der Waals surface area contributed by atoms with Gasteiger partial charge >= 0.3 is 11.7 Å². The molecule has 1 aromatic heterocycles. The van der Waals surface area contributed by atoms with Crippen molar-refractivity contribution in [1.82, 2.24) is 9.97 Å². The van der Waals surface area contributed by atoms with Crippen molar-refractivity contribution in [3.8, 4) is 11.3 Å². The molecule has 1 fully saturated rings. The third-order valence-electron chi connectivity index (χ3n) is 4.50. The molecule has 1 aliphatic rings. The van der Waals surface area contributed by atoms with Gasteiger partial charge in [0.05, 0.1) is 17.4 Å². The molecule has 0 N–H and O–H groups in total. The average Bonchev–Trinajstić information content (AvgIpc) is 2.67. The zero-order valence-electron chi connectivity index (χ0n) is 14.8. The maximum atomic E-state index is 11.9. The Kier molecular flexibility index (Phi) is 5.85. The summed E-state index contributed by atoms with van der Waals surface area (Å²) < 4.78 is 5.07. The van der Waals surface area contributed by atoms with Crippen molar-refractivity contribution >= 4 is 29.1 Å². The standard InChI is InChI=1S/C18H19ClN4O4/c1-2-27-18(24)12-6-8-22(9-7-12)17-16(23(25)26)15(20-11-21-17)13-4-3-5-14(19)10-13/h3-5,10-12H,2,6-9H2,1H3. The molecule has 0 aliphatic carbocycles. The van der Waals surface area contributed by atoms with Gasteiger partial charge in [0.2, 0.25) is 5.82 Å². The summed E-state index contributed by atoms with van der Waals surface area (Å²) >= 11 is 6.02. The van der Waals surface area contributed by atoms with Crippen LogP contribution in [0.3, 0.4) is 0 Å². The fourth-order valence-corrected chi connectivity index (χ4v) is 3.39. The van der Waals surface area contributed by atoms with Gasteiger partial charge in [-0.1, -0.05) is 23.7 Å². The number of carbonyl (C=O) groups is 1. The summed E-state index contributed by atoms with van der Waals surface area (Å²) in [7, 11) is 0. The second kappa shape index (κ2) is 8.30. The number of anilines is 1. The van der Waals surface area contributed by atoms with Gasteiger partial charge in [-0.2, -0.15) is 0 Å². The quantitative estimate of drug-likeness (QED) is 0.437. The first-order valence-corrected chi connectivity index (χ1v) is 9.06. The monoisotopic (exact) mass is 390 g/mol. The van der Waals surface area contributed by atoms with Crippen LogP contribution >= 0.6 is 11.6 Å². The van der Waals surface area contributed by atoms with E-state index in [1.807, 2.05) is 4.90 Å². The maximum Gasteiger partial charge on any atom is 0.337 e. The minimum Gasteiger partial charge on any atom is -0.466 e. The van der Waals surface area contributed by atoms with Crippen LogP contribution in [0.4, 0.5) is 11.5 Å². The van der Waals surface area contributed by atoms with Crippen molar-refractivity contribution in [3.05, 3.63) is 45.7 Å². The van der Waals surface area contributed by atoms with Crippen LogP contribution in [-0.4, -0.2) is 40.6 Å². The van der Waals surface area contributed by atoms with E-state index < -0.39 is 4.92 Å². The van der Waals surface area contributed by atoms with Gasteiger partial charge in [-0.3, -0.25) is 14.9 Å². The van der Waals surface area contributed by atoms with Crippen molar-refractivity contribution in [2.45, 2.75) is 19.8 Å². The van der Waals surface area contributed by atoms with Crippen molar-refractivity contribution in [1.29, 1.82) is 0 Å². The molecule has 8 nitrogen and oxygen atoms in total. The molecule has 0 saturated carbocycles. The van der Waals surface area contributed by atoms with Crippen LogP contribution in [0.1, 0.15) is 19.8 Å². The summed E-state index contributed by atoms with van der Waals surface area (Å²) in [4.78, 5) is 33.3. The first-order chi connectivity index (χ1) is 13.0. The van der Waals surface area contributed by atoms with Crippen molar-refractivity contribution in [3.63, 3.8) is 0 Å². The minimum atomic E-state index is -0.469. The number of carbonyl (C=O) groups excluding carboxylic acids is 1. The molecule has 0 spiro atoms. The zero-order valence-corrected chi connectivity index (χ0v) is 15.6. The SMILES string of the molecule is CCOC(=O)C1CCN(c2ncnc(-c3cccc(Cl)c3)c2[N+](=O)[O-])CC1. The Morgan fingerprint density at radius 1 is 1.37 bits per heavy atom. The zero-order chi connectivity index (χ0) is 19.4. The van der Waals surface area contributed by atoms with Crippen LogP contribution in [0, 0.1) is 16.0 Å². The van der Waals surface area contributed by atoms with E-state index in [0.717, 1.165) is 0 Å². The summed E-state index contributed by atoms with van der Waals surface area (Å²) in [5, 5.41) is 12.3. The van der Waals surface area contributed by atoms with Crippen LogP contribution in [0.5, 0.6) is 0 Å². The molecular weight excluding hydrogens is 372 g/mol. The third kappa shape index (κ3) is 4.16. The molecule has 1 saturated heterocycles. The second-order valence-electron chi connectivity index (χ2n) is 6.18. The lowest BCUT2D eigenvalue weighted by atomic mass is 9.97. The molecule has 27 heavy (non-hydrogen) atoms. The Bertz CT molecular complexity index is 853. The van der Waals surface area contributed by atoms with Crippen LogP contribution in [-0.2, 0) is 9.53 Å². The van der Waals surface area contributed by atoms with E-state index in [9.17, 15) is 14.9 Å². The molecule has 3 rings (SSSR count). The lowest BCUT2D eigenvalue weighted by molar-refractivity contribution is -0.383. The Morgan fingerprint density at radius 3 is 2.74 bits per heavy atom. The molecule has 1 aliphatic heterocycles. The van der Waals surface area contributed by atoms with Gasteiger partial charge in [-0.15, -0.1) is 0 Å². The summed E-state index contributed by atoms with van der Waals surface area (Å²) in [6.07, 6.45) is 2.44. The number of esters is 1. The number of benzene rings is 1. The van der Waals surface area contributed by atoms with Crippen molar-refractivity contribution in [2.24, 2.45) is 5.92 Å². The van der Waals surface area contributed by atoms with E-state index >= 15 is 0 Å². The van der Waals surface area contributed by atoms with Crippen LogP contribution in [0.2, 0.25) is 5.02 Å². The molecule has 0 radical (unpaired) electrons. The van der Waals surface area contributed by atoms with E-state index in [2.05, 4.69) is 9.97 Å². The molecule has 9 heteroatoms. The van der Waals surface area contributed by atoms with Gasteiger partial charge in [0.25, 0.3) is 0 Å². The Balaban J connectivity index is 1.90. The number of nitrogens with zero attached hydrogens (tertiary/aromatic N) is 4. The largest absolute Gasteiger partial charge is 0.466 e. The highest BCUT2D eigenvalue weighted by atomic mass is 35.5. The molecule has 2 heterocycles. The van der Waals surface area contributed by atoms with Crippen molar-refractivity contribution < 1.29 is 14.5 Å². The highest BCUT2D eigenvalue weighted by Crippen LogP contribution is 2.37. The van der Waals surface area contributed by atoms with Gasteiger partial charge in [-0.05, 0) is 31.9 Å². The number of aromatic nitrogens is 2. The van der Waals surface area contributed by atoms with Crippen LogP contribution in [0.15, 0.2) is 30.6 Å². The van der Waals surface area contributed by atoms with E-state index in [4.69, 9.17) is 16.3 Å². The summed E-state index contributed by atoms with van der Waals surface area (Å²) in [6.45, 7) is 3.08. The van der Waals surface area contributed by atoms with E-state index in [1.54, 1.807) is 31.2 Å². The van der Waals surface area contributed by atoms with Crippen LogP contribution < -0.4 is 4.90 Å². The van der Waals surface area contributed by atoms with Gasteiger partial charge in [0.15, 0.2) is 5.69 Å². The predicted octanol–water partition coefficient (Wildman–Crippen LogP) is 3.48. The number of hydrogen-bond acceptors (Lipinski definition) is 7. The number of hydrogen-bond donors (Lipinski definition) is 0. The summed E-state index contributed by atoms with van der Waals surface area (Å²) in [5.74, 6) is -0.143. The van der Waals surface area contributed by atoms with Gasteiger partial charge < -0.3 is 9.64 Å². The molecule has 0 atom stereocenters. The normalized spacial score (nSPS) is 14.8. The number of ether oxygens (including phenoxy) is 1. The number of nitro groups is 1. The van der Waals surface area contributed by atoms with E-state index in [0.29, 0.717) is 43.1 Å². The summed E-state index contributed by atoms with van der Waals surface area (Å²) in [5.41, 5.74) is 0.619. The maximum absolute atomic E-state index is 11.9. The molecule has 0 amide bonds. The molecule has 2 aromatic rings. The summed E-state index contributed by atoms with van der Waals surface area (Å²) in [6, 6.07) is 6.76. The lowest BCUT2D eigenvalue weighted by Crippen LogP contribution is -2.37. The van der Waals surface area contributed by atoms with Gasteiger partial charge in [0.1, 0.15) is 6.33 Å². The first kappa shape index (κ1) is 19.0. The Labute approximate surface area is 161 Å². The number of halogens is 1. The number of piperidine rings is 1. The highest BCUT2D eigenvalue weighted by molar-refractivity contribution is 6.30.